The zero-order valence-corrected chi connectivity index (χ0v) is 12.8. The molecule has 0 radical (unpaired) electrons. The third-order valence-corrected chi connectivity index (χ3v) is 4.69. The van der Waals surface area contributed by atoms with Crippen molar-refractivity contribution in [3.05, 3.63) is 47.8 Å². The van der Waals surface area contributed by atoms with Crippen LogP contribution in [-0.4, -0.2) is 21.5 Å². The van der Waals surface area contributed by atoms with Crippen molar-refractivity contribution in [1.29, 1.82) is 0 Å². The van der Waals surface area contributed by atoms with Gasteiger partial charge in [0.2, 0.25) is 0 Å². The molecule has 7 heteroatoms. The minimum atomic E-state index is -4.28. The van der Waals surface area contributed by atoms with Crippen LogP contribution >= 0.6 is 11.6 Å². The molecule has 1 aromatic heterocycles. The number of rotatable bonds is 2. The Morgan fingerprint density at radius 2 is 1.83 bits per heavy atom. The summed E-state index contributed by atoms with van der Waals surface area (Å²) < 4.78 is 42.2. The number of alkyl halides is 3. The van der Waals surface area contributed by atoms with E-state index in [0.717, 1.165) is 5.56 Å². The molecule has 2 aromatic rings. The average molecular weight is 340 g/mol. The monoisotopic (exact) mass is 339 g/mol. The van der Waals surface area contributed by atoms with Crippen molar-refractivity contribution in [3.63, 3.8) is 0 Å². The van der Waals surface area contributed by atoms with Crippen molar-refractivity contribution >= 4 is 17.4 Å². The van der Waals surface area contributed by atoms with Crippen LogP contribution in [0.5, 0.6) is 0 Å². The van der Waals surface area contributed by atoms with Gasteiger partial charge in [0.15, 0.2) is 0 Å². The first kappa shape index (κ1) is 14.6. The van der Waals surface area contributed by atoms with Gasteiger partial charge in [0.25, 0.3) is 0 Å². The second kappa shape index (κ2) is 4.77. The second-order valence-corrected chi connectivity index (χ2v) is 6.29. The van der Waals surface area contributed by atoms with Gasteiger partial charge in [-0.25, -0.2) is 4.68 Å². The zero-order valence-electron chi connectivity index (χ0n) is 12.0. The second-order valence-electron chi connectivity index (χ2n) is 5.85. The van der Waals surface area contributed by atoms with Gasteiger partial charge in [-0.1, -0.05) is 23.7 Å². The first-order chi connectivity index (χ1) is 10.9. The van der Waals surface area contributed by atoms with Gasteiger partial charge in [-0.05, 0) is 36.6 Å². The van der Waals surface area contributed by atoms with E-state index in [-0.39, 0.29) is 12.8 Å². The Bertz CT molecular complexity index is 773. The Kier molecular flexibility index (Phi) is 3.04. The molecule has 23 heavy (non-hydrogen) atoms. The highest BCUT2D eigenvalue weighted by Gasteiger charge is 2.67. The molecule has 3 nitrogen and oxygen atoms in total. The highest BCUT2D eigenvalue weighted by Crippen LogP contribution is 2.56. The van der Waals surface area contributed by atoms with Gasteiger partial charge >= 0.3 is 6.18 Å². The third-order valence-electron chi connectivity index (χ3n) is 4.44. The molecule has 0 bridgehead atoms. The number of hydrogen-bond acceptors (Lipinski definition) is 2. The van der Waals surface area contributed by atoms with Crippen LogP contribution in [0.25, 0.3) is 11.1 Å². The van der Waals surface area contributed by atoms with Crippen molar-refractivity contribution < 1.29 is 13.2 Å². The van der Waals surface area contributed by atoms with Gasteiger partial charge in [-0.3, -0.25) is 0 Å². The largest absolute Gasteiger partial charge is 0.411 e. The topological polar surface area (TPSA) is 21.1 Å². The molecule has 0 atom stereocenters. The maximum absolute atomic E-state index is 13.5. The summed E-state index contributed by atoms with van der Waals surface area (Å²) in [6, 6.07) is 7.04. The summed E-state index contributed by atoms with van der Waals surface area (Å²) in [6.07, 6.45) is 0.790. The summed E-state index contributed by atoms with van der Waals surface area (Å²) in [5.74, 6) is 0.490. The van der Waals surface area contributed by atoms with Crippen LogP contribution in [-0.2, 0) is 6.54 Å². The van der Waals surface area contributed by atoms with Crippen molar-refractivity contribution in [2.45, 2.75) is 31.1 Å². The summed E-state index contributed by atoms with van der Waals surface area (Å²) in [6.45, 7) is 0.466. The molecular weight excluding hydrogens is 327 g/mol. The standard InChI is InChI=1S/C16H13ClF3N3/c17-12-4-2-11(3-5-12)13-10-21-23-9-1-8-22(14(13)23)15(6-7-15)16(18,19)20/h1-5,8,10H,6-7,9H2. The zero-order chi connectivity index (χ0) is 16.2. The molecule has 0 unspecified atom stereocenters. The van der Waals surface area contributed by atoms with E-state index in [9.17, 15) is 13.2 Å². The van der Waals surface area contributed by atoms with Gasteiger partial charge < -0.3 is 4.90 Å². The lowest BCUT2D eigenvalue weighted by Crippen LogP contribution is -2.47. The van der Waals surface area contributed by atoms with Gasteiger partial charge in [0.05, 0.1) is 12.7 Å². The maximum Gasteiger partial charge on any atom is 0.411 e. The Balaban J connectivity index is 1.83. The van der Waals surface area contributed by atoms with E-state index in [1.54, 1.807) is 41.2 Å². The molecule has 120 valence electrons. The van der Waals surface area contributed by atoms with Crippen LogP contribution in [0.1, 0.15) is 12.8 Å². The molecule has 0 amide bonds. The fourth-order valence-electron chi connectivity index (χ4n) is 3.05. The summed E-state index contributed by atoms with van der Waals surface area (Å²) >= 11 is 5.90. The smallest absolute Gasteiger partial charge is 0.318 e. The van der Waals surface area contributed by atoms with Crippen molar-refractivity contribution in [3.8, 4) is 11.1 Å². The lowest BCUT2D eigenvalue weighted by atomic mass is 10.1. The van der Waals surface area contributed by atoms with Crippen LogP contribution in [0.4, 0.5) is 19.0 Å². The minimum absolute atomic E-state index is 0.103. The molecule has 2 heterocycles. The lowest BCUT2D eigenvalue weighted by Gasteiger charge is -2.35. The Morgan fingerprint density at radius 1 is 1.13 bits per heavy atom. The number of benzene rings is 1. The third kappa shape index (κ3) is 2.16. The molecule has 1 aromatic carbocycles. The first-order valence-corrected chi connectivity index (χ1v) is 7.65. The fourth-order valence-corrected chi connectivity index (χ4v) is 3.17. The summed E-state index contributed by atoms with van der Waals surface area (Å²) in [5.41, 5.74) is -0.321. The highest BCUT2D eigenvalue weighted by molar-refractivity contribution is 6.30. The molecular formula is C16H13ClF3N3. The Labute approximate surface area is 136 Å². The highest BCUT2D eigenvalue weighted by atomic mass is 35.5. The SMILES string of the molecule is FC(F)(F)C1(N2C=CCn3ncc(-c4ccc(Cl)cc4)c32)CC1. The molecule has 1 aliphatic carbocycles. The van der Waals surface area contributed by atoms with E-state index >= 15 is 0 Å². The van der Waals surface area contributed by atoms with Crippen LogP contribution in [0.3, 0.4) is 0 Å². The van der Waals surface area contributed by atoms with E-state index in [1.165, 1.54) is 11.1 Å². The minimum Gasteiger partial charge on any atom is -0.318 e. The van der Waals surface area contributed by atoms with Crippen molar-refractivity contribution in [2.75, 3.05) is 4.90 Å². The van der Waals surface area contributed by atoms with Crippen LogP contribution in [0.15, 0.2) is 42.7 Å². The lowest BCUT2D eigenvalue weighted by molar-refractivity contribution is -0.156. The quantitative estimate of drug-likeness (QED) is 0.795. The van der Waals surface area contributed by atoms with Gasteiger partial charge in [-0.2, -0.15) is 18.3 Å². The summed E-state index contributed by atoms with van der Waals surface area (Å²) in [4.78, 5) is 1.34. The molecule has 4 rings (SSSR count). The predicted octanol–water partition coefficient (Wildman–Crippen LogP) is 4.63. The van der Waals surface area contributed by atoms with Crippen LogP contribution in [0, 0.1) is 0 Å². The molecule has 2 aliphatic rings. The van der Waals surface area contributed by atoms with Crippen LogP contribution in [0.2, 0.25) is 5.02 Å². The maximum atomic E-state index is 13.5. The molecule has 0 saturated heterocycles. The Morgan fingerprint density at radius 3 is 2.43 bits per heavy atom. The normalized spacial score (nSPS) is 18.9. The van der Waals surface area contributed by atoms with Crippen LogP contribution < -0.4 is 4.90 Å². The predicted molar refractivity (Wildman–Crippen MR) is 82.3 cm³/mol. The number of halogens is 4. The number of aromatic nitrogens is 2. The molecule has 1 aliphatic heterocycles. The van der Waals surface area contributed by atoms with E-state index < -0.39 is 11.7 Å². The number of hydrogen-bond donors (Lipinski definition) is 0. The van der Waals surface area contributed by atoms with E-state index in [0.29, 0.717) is 22.9 Å². The van der Waals surface area contributed by atoms with Gasteiger partial charge in [-0.15, -0.1) is 0 Å². The van der Waals surface area contributed by atoms with Crippen molar-refractivity contribution in [1.82, 2.24) is 9.78 Å². The summed E-state index contributed by atoms with van der Waals surface area (Å²) in [7, 11) is 0. The van der Waals surface area contributed by atoms with Gasteiger partial charge in [0.1, 0.15) is 11.4 Å². The first-order valence-electron chi connectivity index (χ1n) is 7.27. The molecule has 0 spiro atoms. The number of fused-ring (bicyclic) bond motifs is 1. The van der Waals surface area contributed by atoms with E-state index in [2.05, 4.69) is 5.10 Å². The number of allylic oxidation sites excluding steroid dienone is 1. The molecule has 1 saturated carbocycles. The van der Waals surface area contributed by atoms with Crippen molar-refractivity contribution in [2.24, 2.45) is 0 Å². The number of nitrogens with zero attached hydrogens (tertiary/aromatic N) is 3. The van der Waals surface area contributed by atoms with E-state index in [1.807, 2.05) is 0 Å². The summed E-state index contributed by atoms with van der Waals surface area (Å²) in [5, 5.41) is 4.84. The Hall–Kier alpha value is -1.95. The molecule has 0 N–H and O–H groups in total. The van der Waals surface area contributed by atoms with Gasteiger partial charge in [0, 0.05) is 16.8 Å². The molecule has 1 fully saturated rings. The fraction of sp³-hybridized carbons (Fsp3) is 0.312. The average Bonchev–Trinajstić information content (AvgIpc) is 3.22. The number of anilines is 1. The van der Waals surface area contributed by atoms with E-state index in [4.69, 9.17) is 11.6 Å².